The van der Waals surface area contributed by atoms with Crippen molar-refractivity contribution >= 4 is 5.78 Å². The molecule has 0 fully saturated rings. The summed E-state index contributed by atoms with van der Waals surface area (Å²) in [7, 11) is 0. The lowest BCUT2D eigenvalue weighted by molar-refractivity contribution is 0.0952. The van der Waals surface area contributed by atoms with Gasteiger partial charge in [0.1, 0.15) is 0 Å². The highest BCUT2D eigenvalue weighted by atomic mass is 16.1. The van der Waals surface area contributed by atoms with Crippen LogP contribution in [0.5, 0.6) is 0 Å². The van der Waals surface area contributed by atoms with Crippen LogP contribution < -0.4 is 0 Å². The van der Waals surface area contributed by atoms with Crippen molar-refractivity contribution in [3.8, 4) is 11.1 Å². The zero-order valence-electron chi connectivity index (χ0n) is 27.1. The Morgan fingerprint density at radius 3 is 1.67 bits per heavy atom. The lowest BCUT2D eigenvalue weighted by Gasteiger charge is -2.51. The molecule has 4 aromatic carbocycles. The van der Waals surface area contributed by atoms with Crippen LogP contribution >= 0.6 is 0 Å². The van der Waals surface area contributed by atoms with Gasteiger partial charge in [0, 0.05) is 22.8 Å². The van der Waals surface area contributed by atoms with Crippen molar-refractivity contribution in [3.05, 3.63) is 128 Å². The highest BCUT2D eigenvalue weighted by Gasteiger charge is 2.55. The molecule has 2 spiro atoms. The summed E-state index contributed by atoms with van der Waals surface area (Å²) >= 11 is 0. The Hall–Kier alpha value is -3.45. The maximum Gasteiger partial charge on any atom is 0.163 e. The number of aryl methyl sites for hydroxylation is 1. The van der Waals surface area contributed by atoms with E-state index in [-0.39, 0.29) is 10.8 Å². The molecule has 0 saturated heterocycles. The summed E-state index contributed by atoms with van der Waals surface area (Å²) in [6.07, 6.45) is 4.58. The van der Waals surface area contributed by atoms with Gasteiger partial charge in [0.15, 0.2) is 5.78 Å². The average Bonchev–Trinajstić information content (AvgIpc) is 3.29. The first-order chi connectivity index (χ1) is 20.6. The van der Waals surface area contributed by atoms with Gasteiger partial charge in [0.05, 0.1) is 0 Å². The first-order valence-electron chi connectivity index (χ1n) is 16.7. The van der Waals surface area contributed by atoms with Gasteiger partial charge in [-0.05, 0) is 111 Å². The van der Waals surface area contributed by atoms with E-state index in [1.807, 2.05) is 0 Å². The number of fused-ring (bicyclic) bond motifs is 10. The number of hydrogen-bond donors (Lipinski definition) is 0. The fourth-order valence-corrected chi connectivity index (χ4v) is 9.20. The van der Waals surface area contributed by atoms with Gasteiger partial charge in [-0.1, -0.05) is 115 Å². The zero-order chi connectivity index (χ0) is 30.3. The van der Waals surface area contributed by atoms with E-state index in [2.05, 4.69) is 121 Å². The Balaban J connectivity index is 1.61. The molecule has 0 N–H and O–H groups in total. The van der Waals surface area contributed by atoms with Crippen LogP contribution in [0.3, 0.4) is 0 Å². The van der Waals surface area contributed by atoms with Gasteiger partial charge in [0.25, 0.3) is 0 Å². The van der Waals surface area contributed by atoms with Crippen molar-refractivity contribution in [1.82, 2.24) is 0 Å². The van der Waals surface area contributed by atoms with E-state index in [1.54, 1.807) is 0 Å². The van der Waals surface area contributed by atoms with Crippen LogP contribution in [-0.4, -0.2) is 5.78 Å². The van der Waals surface area contributed by atoms with E-state index in [0.29, 0.717) is 30.0 Å². The Labute approximate surface area is 258 Å². The second-order valence-corrected chi connectivity index (χ2v) is 14.4. The largest absolute Gasteiger partial charge is 0.294 e. The van der Waals surface area contributed by atoms with E-state index >= 15 is 0 Å². The molecular weight excluding hydrogens is 520 g/mol. The fourth-order valence-electron chi connectivity index (χ4n) is 9.20. The molecule has 43 heavy (non-hydrogen) atoms. The number of Topliss-reactive ketones (excluding diaryl/α,β-unsaturated/α-hetero) is 1. The van der Waals surface area contributed by atoms with Crippen molar-refractivity contribution in [2.75, 3.05) is 0 Å². The Bertz CT molecular complexity index is 1720. The van der Waals surface area contributed by atoms with E-state index < -0.39 is 0 Å². The first kappa shape index (κ1) is 28.3. The van der Waals surface area contributed by atoms with Gasteiger partial charge in [-0.15, -0.1) is 0 Å². The molecule has 0 bridgehead atoms. The molecule has 4 aromatic rings. The van der Waals surface area contributed by atoms with Crippen molar-refractivity contribution < 1.29 is 4.79 Å². The second kappa shape index (κ2) is 10.0. The molecule has 7 rings (SSSR count). The molecule has 3 aliphatic carbocycles. The fraction of sp³-hybridized carbons (Fsp3) is 0.405. The average molecular weight is 567 g/mol. The standard InChI is InChI=1S/C42H46O/c1-8-28-21-34-37(22-31(28)25(2)3)41(18-17-40(34)43)19-20-42(39-24-33(27(6)7)32(26(4)5)23-38(39)41)35-15-11-9-13-29(35)30-14-10-12-16-36(30)42/h9-16,21-27H,8,17-20H2,1-7H3. The molecule has 1 nitrogen and oxygen atoms in total. The predicted molar refractivity (Wildman–Crippen MR) is 180 cm³/mol. The second-order valence-electron chi connectivity index (χ2n) is 14.4. The van der Waals surface area contributed by atoms with Crippen LogP contribution in [-0.2, 0) is 17.3 Å². The van der Waals surface area contributed by atoms with Gasteiger partial charge in [-0.25, -0.2) is 0 Å². The van der Waals surface area contributed by atoms with E-state index in [1.165, 1.54) is 61.2 Å². The maximum atomic E-state index is 13.7. The van der Waals surface area contributed by atoms with Crippen LogP contribution in [0.4, 0.5) is 0 Å². The molecule has 0 saturated carbocycles. The van der Waals surface area contributed by atoms with E-state index in [9.17, 15) is 4.79 Å². The minimum atomic E-state index is -0.182. The summed E-state index contributed by atoms with van der Waals surface area (Å²) in [4.78, 5) is 13.7. The molecule has 3 aliphatic rings. The summed E-state index contributed by atoms with van der Waals surface area (Å²) in [5.41, 5.74) is 16.3. The lowest BCUT2D eigenvalue weighted by Crippen LogP contribution is -2.45. The van der Waals surface area contributed by atoms with E-state index in [4.69, 9.17) is 0 Å². The van der Waals surface area contributed by atoms with Crippen molar-refractivity contribution in [1.29, 1.82) is 0 Å². The Morgan fingerprint density at radius 2 is 1.12 bits per heavy atom. The first-order valence-corrected chi connectivity index (χ1v) is 16.7. The normalized spacial score (nSPS) is 19.7. The molecule has 0 aliphatic heterocycles. The molecule has 1 heteroatoms. The number of carbonyl (C=O) groups excluding carboxylic acids is 1. The number of hydrogen-bond acceptors (Lipinski definition) is 1. The number of carbonyl (C=O) groups is 1. The Morgan fingerprint density at radius 1 is 0.581 bits per heavy atom. The molecule has 0 heterocycles. The minimum Gasteiger partial charge on any atom is -0.294 e. The molecule has 1 unspecified atom stereocenters. The molecular formula is C42H46O. The number of ketones is 1. The van der Waals surface area contributed by atoms with Crippen molar-refractivity contribution in [2.24, 2.45) is 0 Å². The van der Waals surface area contributed by atoms with Crippen LogP contribution in [0.15, 0.2) is 72.8 Å². The van der Waals surface area contributed by atoms with Gasteiger partial charge in [-0.2, -0.15) is 0 Å². The summed E-state index contributed by atoms with van der Waals surface area (Å²) in [6, 6.07) is 28.3. The SMILES string of the molecule is CCc1cc2c(cc1C(C)C)C1(CCC2=O)CCC2(c3ccccc3-c3ccccc32)c2cc(C(C)C)c(C(C)C)cc21. The smallest absolute Gasteiger partial charge is 0.163 e. The van der Waals surface area contributed by atoms with Crippen molar-refractivity contribution in [2.45, 2.75) is 109 Å². The van der Waals surface area contributed by atoms with E-state index in [0.717, 1.165) is 31.2 Å². The third-order valence-electron chi connectivity index (χ3n) is 11.3. The van der Waals surface area contributed by atoms with Crippen LogP contribution in [0.2, 0.25) is 0 Å². The third kappa shape index (κ3) is 3.86. The summed E-state index contributed by atoms with van der Waals surface area (Å²) in [6.45, 7) is 16.2. The van der Waals surface area contributed by atoms with Gasteiger partial charge in [-0.3, -0.25) is 4.79 Å². The van der Waals surface area contributed by atoms with Crippen LogP contribution in [0.25, 0.3) is 11.1 Å². The highest BCUT2D eigenvalue weighted by molar-refractivity contribution is 6.00. The van der Waals surface area contributed by atoms with Crippen LogP contribution in [0.1, 0.15) is 152 Å². The highest BCUT2D eigenvalue weighted by Crippen LogP contribution is 2.63. The third-order valence-corrected chi connectivity index (χ3v) is 11.3. The Kier molecular flexibility index (Phi) is 6.62. The van der Waals surface area contributed by atoms with Crippen molar-refractivity contribution in [3.63, 3.8) is 0 Å². The minimum absolute atomic E-state index is 0.161. The molecule has 0 aromatic heterocycles. The lowest BCUT2D eigenvalue weighted by atomic mass is 9.52. The van der Waals surface area contributed by atoms with Gasteiger partial charge < -0.3 is 0 Å². The maximum absolute atomic E-state index is 13.7. The predicted octanol–water partition coefficient (Wildman–Crippen LogP) is 11.0. The zero-order valence-corrected chi connectivity index (χ0v) is 27.1. The van der Waals surface area contributed by atoms with Crippen LogP contribution in [0, 0.1) is 0 Å². The summed E-state index contributed by atoms with van der Waals surface area (Å²) < 4.78 is 0. The number of benzene rings is 4. The summed E-state index contributed by atoms with van der Waals surface area (Å²) in [5.74, 6) is 1.61. The monoisotopic (exact) mass is 566 g/mol. The van der Waals surface area contributed by atoms with Gasteiger partial charge >= 0.3 is 0 Å². The molecule has 220 valence electrons. The summed E-state index contributed by atoms with van der Waals surface area (Å²) in [5, 5.41) is 0. The number of rotatable bonds is 4. The molecule has 0 radical (unpaired) electrons. The molecule has 0 amide bonds. The quantitative estimate of drug-likeness (QED) is 0.240. The molecule has 1 atom stereocenters. The van der Waals surface area contributed by atoms with Gasteiger partial charge in [0.2, 0.25) is 0 Å². The topological polar surface area (TPSA) is 17.1 Å².